The molecule has 30 heavy (non-hydrogen) atoms. The van der Waals surface area contributed by atoms with Gasteiger partial charge in [0.25, 0.3) is 5.91 Å². The van der Waals surface area contributed by atoms with Crippen molar-refractivity contribution in [2.24, 2.45) is 0 Å². The predicted molar refractivity (Wildman–Crippen MR) is 112 cm³/mol. The number of pyridine rings is 1. The molecule has 1 saturated heterocycles. The van der Waals surface area contributed by atoms with E-state index < -0.39 is 0 Å². The van der Waals surface area contributed by atoms with E-state index in [1.165, 1.54) is 0 Å². The second-order valence-corrected chi connectivity index (χ2v) is 6.76. The zero-order chi connectivity index (χ0) is 20.8. The highest BCUT2D eigenvalue weighted by atomic mass is 16.5. The number of morpholine rings is 1. The standard InChI is InChI=1S/C22H23N5O3/c1-29-18-7-5-16(6-8-18)20-24-15-19(21(26-20)27-10-12-30-13-11-27)22(28)25-14-17-4-2-3-9-23-17/h2-9,15H,10-14H2,1H3,(H,25,28). The lowest BCUT2D eigenvalue weighted by molar-refractivity contribution is 0.0948. The summed E-state index contributed by atoms with van der Waals surface area (Å²) in [6.07, 6.45) is 3.29. The molecule has 8 nitrogen and oxygen atoms in total. The van der Waals surface area contributed by atoms with Crippen molar-refractivity contribution in [1.29, 1.82) is 0 Å². The number of aromatic nitrogens is 3. The minimum Gasteiger partial charge on any atom is -0.497 e. The monoisotopic (exact) mass is 405 g/mol. The molecule has 8 heteroatoms. The third-order valence-corrected chi connectivity index (χ3v) is 4.83. The molecule has 3 heterocycles. The molecule has 0 aliphatic carbocycles. The van der Waals surface area contributed by atoms with Gasteiger partial charge in [-0.05, 0) is 36.4 Å². The SMILES string of the molecule is COc1ccc(-c2ncc(C(=O)NCc3ccccn3)c(N3CCOCC3)n2)cc1. The van der Waals surface area contributed by atoms with E-state index in [2.05, 4.69) is 20.2 Å². The van der Waals surface area contributed by atoms with Crippen LogP contribution in [0.3, 0.4) is 0 Å². The van der Waals surface area contributed by atoms with Crippen LogP contribution >= 0.6 is 0 Å². The van der Waals surface area contributed by atoms with E-state index in [9.17, 15) is 4.79 Å². The van der Waals surface area contributed by atoms with Crippen LogP contribution in [0.4, 0.5) is 5.82 Å². The van der Waals surface area contributed by atoms with Gasteiger partial charge in [0.1, 0.15) is 17.1 Å². The maximum Gasteiger partial charge on any atom is 0.256 e. The molecule has 1 aliphatic rings. The van der Waals surface area contributed by atoms with Gasteiger partial charge in [0.2, 0.25) is 0 Å². The average molecular weight is 405 g/mol. The molecule has 1 aromatic carbocycles. The van der Waals surface area contributed by atoms with Crippen molar-refractivity contribution >= 4 is 11.7 Å². The van der Waals surface area contributed by atoms with Gasteiger partial charge in [-0.15, -0.1) is 0 Å². The van der Waals surface area contributed by atoms with Crippen molar-refractivity contribution in [3.8, 4) is 17.1 Å². The third kappa shape index (κ3) is 4.55. The molecule has 0 unspecified atom stereocenters. The number of benzene rings is 1. The maximum absolute atomic E-state index is 12.9. The average Bonchev–Trinajstić information content (AvgIpc) is 2.83. The number of nitrogens with zero attached hydrogens (tertiary/aromatic N) is 4. The largest absolute Gasteiger partial charge is 0.497 e. The number of methoxy groups -OCH3 is 1. The quantitative estimate of drug-likeness (QED) is 0.673. The van der Waals surface area contributed by atoms with Crippen LogP contribution < -0.4 is 15.0 Å². The number of hydrogen-bond acceptors (Lipinski definition) is 7. The molecule has 1 fully saturated rings. The van der Waals surface area contributed by atoms with Crippen molar-refractivity contribution in [3.63, 3.8) is 0 Å². The first-order valence-corrected chi connectivity index (χ1v) is 9.77. The molecule has 0 saturated carbocycles. The molecule has 1 amide bonds. The fourth-order valence-electron chi connectivity index (χ4n) is 3.20. The van der Waals surface area contributed by atoms with Gasteiger partial charge in [-0.3, -0.25) is 9.78 Å². The Labute approximate surface area is 174 Å². The predicted octanol–water partition coefficient (Wildman–Crippen LogP) is 2.31. The Hall–Kier alpha value is -3.52. The van der Waals surface area contributed by atoms with Crippen LogP contribution in [0.1, 0.15) is 16.1 Å². The van der Waals surface area contributed by atoms with Crippen LogP contribution in [0, 0.1) is 0 Å². The number of nitrogens with one attached hydrogen (secondary N) is 1. The number of ether oxygens (including phenoxy) is 2. The summed E-state index contributed by atoms with van der Waals surface area (Å²) in [5.74, 6) is 1.69. The van der Waals surface area contributed by atoms with Crippen molar-refractivity contribution in [1.82, 2.24) is 20.3 Å². The summed E-state index contributed by atoms with van der Waals surface area (Å²) in [5, 5.41) is 2.91. The van der Waals surface area contributed by atoms with E-state index in [1.807, 2.05) is 42.5 Å². The Morgan fingerprint density at radius 2 is 1.93 bits per heavy atom. The molecule has 1 N–H and O–H groups in total. The summed E-state index contributed by atoms with van der Waals surface area (Å²) in [5.41, 5.74) is 2.07. The Morgan fingerprint density at radius 1 is 1.13 bits per heavy atom. The van der Waals surface area contributed by atoms with Gasteiger partial charge in [0.05, 0.1) is 32.6 Å². The normalized spacial score (nSPS) is 13.7. The van der Waals surface area contributed by atoms with Crippen LogP contribution in [-0.2, 0) is 11.3 Å². The number of hydrogen-bond donors (Lipinski definition) is 1. The number of amides is 1. The minimum absolute atomic E-state index is 0.233. The molecule has 0 atom stereocenters. The van der Waals surface area contributed by atoms with Gasteiger partial charge in [-0.25, -0.2) is 9.97 Å². The Morgan fingerprint density at radius 3 is 2.63 bits per heavy atom. The van der Waals surface area contributed by atoms with Gasteiger partial charge < -0.3 is 19.7 Å². The van der Waals surface area contributed by atoms with Crippen molar-refractivity contribution in [3.05, 3.63) is 66.1 Å². The molecule has 0 spiro atoms. The first-order valence-electron chi connectivity index (χ1n) is 9.77. The van der Waals surface area contributed by atoms with E-state index >= 15 is 0 Å². The summed E-state index contributed by atoms with van der Waals surface area (Å²) >= 11 is 0. The first-order chi connectivity index (χ1) is 14.7. The zero-order valence-electron chi connectivity index (χ0n) is 16.7. The molecule has 0 radical (unpaired) electrons. The molecule has 2 aromatic heterocycles. The highest BCUT2D eigenvalue weighted by Gasteiger charge is 2.22. The molecule has 4 rings (SSSR count). The Balaban J connectivity index is 1.62. The van der Waals surface area contributed by atoms with Crippen LogP contribution in [0.15, 0.2) is 54.9 Å². The van der Waals surface area contributed by atoms with E-state index in [0.717, 1.165) is 17.0 Å². The molecule has 154 valence electrons. The number of carbonyl (C=O) groups excluding carboxylic acids is 1. The van der Waals surface area contributed by atoms with E-state index in [-0.39, 0.29) is 5.91 Å². The molecule has 3 aromatic rings. The summed E-state index contributed by atoms with van der Waals surface area (Å²) in [6, 6.07) is 13.1. The highest BCUT2D eigenvalue weighted by molar-refractivity contribution is 5.98. The number of rotatable bonds is 6. The lowest BCUT2D eigenvalue weighted by Gasteiger charge is -2.29. The maximum atomic E-state index is 12.9. The van der Waals surface area contributed by atoms with E-state index in [0.29, 0.717) is 50.1 Å². The van der Waals surface area contributed by atoms with Gasteiger partial charge in [0.15, 0.2) is 5.82 Å². The lowest BCUT2D eigenvalue weighted by Crippen LogP contribution is -2.38. The van der Waals surface area contributed by atoms with Crippen molar-refractivity contribution in [2.45, 2.75) is 6.54 Å². The van der Waals surface area contributed by atoms with Crippen LogP contribution in [0.25, 0.3) is 11.4 Å². The lowest BCUT2D eigenvalue weighted by atomic mass is 10.2. The van der Waals surface area contributed by atoms with Crippen molar-refractivity contribution in [2.75, 3.05) is 38.3 Å². The fraction of sp³-hybridized carbons (Fsp3) is 0.273. The van der Waals surface area contributed by atoms with Gasteiger partial charge in [-0.1, -0.05) is 6.07 Å². The van der Waals surface area contributed by atoms with E-state index in [4.69, 9.17) is 14.5 Å². The second kappa shape index (κ2) is 9.32. The highest BCUT2D eigenvalue weighted by Crippen LogP contribution is 2.25. The summed E-state index contributed by atoms with van der Waals surface area (Å²) in [6.45, 7) is 2.86. The zero-order valence-corrected chi connectivity index (χ0v) is 16.7. The topological polar surface area (TPSA) is 89.5 Å². The van der Waals surface area contributed by atoms with E-state index in [1.54, 1.807) is 19.5 Å². The Bertz CT molecular complexity index is 989. The van der Waals surface area contributed by atoms with Crippen molar-refractivity contribution < 1.29 is 14.3 Å². The number of carbonyl (C=O) groups is 1. The van der Waals surface area contributed by atoms with Crippen LogP contribution in [0.2, 0.25) is 0 Å². The fourth-order valence-corrected chi connectivity index (χ4v) is 3.20. The second-order valence-electron chi connectivity index (χ2n) is 6.76. The third-order valence-electron chi connectivity index (χ3n) is 4.83. The van der Waals surface area contributed by atoms with Gasteiger partial charge >= 0.3 is 0 Å². The summed E-state index contributed by atoms with van der Waals surface area (Å²) in [4.78, 5) is 28.4. The van der Waals surface area contributed by atoms with Crippen LogP contribution in [-0.4, -0.2) is 54.3 Å². The van der Waals surface area contributed by atoms with Gasteiger partial charge in [0, 0.05) is 31.0 Å². The Kier molecular flexibility index (Phi) is 6.14. The number of anilines is 1. The smallest absolute Gasteiger partial charge is 0.256 e. The molecular formula is C22H23N5O3. The van der Waals surface area contributed by atoms with Crippen LogP contribution in [0.5, 0.6) is 5.75 Å². The molecule has 1 aliphatic heterocycles. The molecular weight excluding hydrogens is 382 g/mol. The van der Waals surface area contributed by atoms with Gasteiger partial charge in [-0.2, -0.15) is 0 Å². The molecule has 0 bridgehead atoms. The minimum atomic E-state index is -0.233. The summed E-state index contributed by atoms with van der Waals surface area (Å²) in [7, 11) is 1.63. The first kappa shape index (κ1) is 19.8. The summed E-state index contributed by atoms with van der Waals surface area (Å²) < 4.78 is 10.7.